The van der Waals surface area contributed by atoms with Crippen molar-refractivity contribution in [3.8, 4) is 0 Å². The molecule has 0 aliphatic carbocycles. The Morgan fingerprint density at radius 1 is 1.61 bits per heavy atom. The lowest BCUT2D eigenvalue weighted by Crippen LogP contribution is -2.33. The van der Waals surface area contributed by atoms with Crippen molar-refractivity contribution in [1.82, 2.24) is 9.55 Å². The standard InChI is InChI=1S/C10H15N3O5/c1-11-5-3-13(10(17)12-9(5)16)8-2-6(15)7(4-14)18-8/h3,6-8,11,14-15H,2,4H2,1H3,(H,12,16,17)/t6-,7+,8+/m0/s1. The Hall–Kier alpha value is -1.64. The zero-order chi connectivity index (χ0) is 13.3. The van der Waals surface area contributed by atoms with Crippen LogP contribution in [0, 0.1) is 0 Å². The Bertz CT molecular complexity index is 537. The molecule has 1 aliphatic rings. The van der Waals surface area contributed by atoms with Crippen LogP contribution in [-0.2, 0) is 4.74 Å². The Balaban J connectivity index is 2.35. The molecule has 100 valence electrons. The van der Waals surface area contributed by atoms with Gasteiger partial charge in [0.1, 0.15) is 18.0 Å². The number of hydrogen-bond donors (Lipinski definition) is 4. The van der Waals surface area contributed by atoms with Gasteiger partial charge in [-0.25, -0.2) is 4.79 Å². The highest BCUT2D eigenvalue weighted by molar-refractivity contribution is 5.36. The Morgan fingerprint density at radius 2 is 2.33 bits per heavy atom. The molecule has 0 aromatic carbocycles. The first-order valence-corrected chi connectivity index (χ1v) is 5.54. The molecule has 2 rings (SSSR count). The van der Waals surface area contributed by atoms with Crippen molar-refractivity contribution in [1.29, 1.82) is 0 Å². The predicted octanol–water partition coefficient (Wildman–Crippen LogP) is -1.78. The van der Waals surface area contributed by atoms with E-state index in [1.54, 1.807) is 7.05 Å². The maximum atomic E-state index is 11.7. The molecular weight excluding hydrogens is 242 g/mol. The average molecular weight is 257 g/mol. The first-order valence-electron chi connectivity index (χ1n) is 5.54. The normalized spacial score (nSPS) is 27.4. The number of aromatic amines is 1. The maximum Gasteiger partial charge on any atom is 0.330 e. The molecule has 0 bridgehead atoms. The van der Waals surface area contributed by atoms with Crippen LogP contribution in [0.1, 0.15) is 12.6 Å². The molecule has 8 heteroatoms. The van der Waals surface area contributed by atoms with Crippen molar-refractivity contribution in [2.75, 3.05) is 19.0 Å². The van der Waals surface area contributed by atoms with E-state index in [-0.39, 0.29) is 18.7 Å². The van der Waals surface area contributed by atoms with Gasteiger partial charge in [-0.05, 0) is 0 Å². The molecule has 1 fully saturated rings. The SMILES string of the molecule is CNc1cn([C@H]2C[C@H](O)[C@@H](CO)O2)c(=O)[nH]c1=O. The van der Waals surface area contributed by atoms with E-state index in [0.717, 1.165) is 0 Å². The molecule has 1 aromatic rings. The van der Waals surface area contributed by atoms with E-state index < -0.39 is 29.7 Å². The Labute approximate surface area is 102 Å². The van der Waals surface area contributed by atoms with Gasteiger partial charge in [-0.1, -0.05) is 0 Å². The number of hydrogen-bond acceptors (Lipinski definition) is 6. The molecule has 1 aliphatic heterocycles. The summed E-state index contributed by atoms with van der Waals surface area (Å²) in [5.74, 6) is 0. The van der Waals surface area contributed by atoms with Gasteiger partial charge in [-0.2, -0.15) is 0 Å². The fourth-order valence-electron chi connectivity index (χ4n) is 1.93. The van der Waals surface area contributed by atoms with E-state index in [2.05, 4.69) is 10.3 Å². The molecule has 1 saturated heterocycles. The average Bonchev–Trinajstić information content (AvgIpc) is 2.70. The number of aliphatic hydroxyl groups excluding tert-OH is 2. The van der Waals surface area contributed by atoms with Gasteiger partial charge in [0, 0.05) is 19.7 Å². The summed E-state index contributed by atoms with van der Waals surface area (Å²) >= 11 is 0. The van der Waals surface area contributed by atoms with Crippen molar-refractivity contribution in [2.24, 2.45) is 0 Å². The topological polar surface area (TPSA) is 117 Å². The van der Waals surface area contributed by atoms with Crippen LogP contribution in [0.25, 0.3) is 0 Å². The van der Waals surface area contributed by atoms with Crippen LogP contribution in [-0.4, -0.2) is 45.6 Å². The number of aliphatic hydroxyl groups is 2. The second-order valence-corrected chi connectivity index (χ2v) is 4.07. The quantitative estimate of drug-likeness (QED) is 0.508. The molecule has 0 unspecified atom stereocenters. The van der Waals surface area contributed by atoms with Crippen LogP contribution in [0.15, 0.2) is 15.8 Å². The third-order valence-corrected chi connectivity index (χ3v) is 2.93. The molecule has 3 atom stereocenters. The van der Waals surface area contributed by atoms with Crippen LogP contribution < -0.4 is 16.6 Å². The van der Waals surface area contributed by atoms with Crippen molar-refractivity contribution < 1.29 is 14.9 Å². The van der Waals surface area contributed by atoms with Gasteiger partial charge in [0.25, 0.3) is 5.56 Å². The smallest absolute Gasteiger partial charge is 0.330 e. The highest BCUT2D eigenvalue weighted by atomic mass is 16.5. The second kappa shape index (κ2) is 4.92. The molecule has 2 heterocycles. The second-order valence-electron chi connectivity index (χ2n) is 4.07. The van der Waals surface area contributed by atoms with Gasteiger partial charge in [0.15, 0.2) is 0 Å². The van der Waals surface area contributed by atoms with Crippen LogP contribution >= 0.6 is 0 Å². The monoisotopic (exact) mass is 257 g/mol. The fourth-order valence-corrected chi connectivity index (χ4v) is 1.93. The lowest BCUT2D eigenvalue weighted by atomic mass is 10.2. The van der Waals surface area contributed by atoms with E-state index in [1.807, 2.05) is 0 Å². The van der Waals surface area contributed by atoms with Gasteiger partial charge >= 0.3 is 5.69 Å². The van der Waals surface area contributed by atoms with Gasteiger partial charge in [-0.3, -0.25) is 14.3 Å². The summed E-state index contributed by atoms with van der Waals surface area (Å²) in [6.07, 6.45) is -0.740. The molecule has 4 N–H and O–H groups in total. The fraction of sp³-hybridized carbons (Fsp3) is 0.600. The Morgan fingerprint density at radius 3 is 2.89 bits per heavy atom. The van der Waals surface area contributed by atoms with E-state index in [1.165, 1.54) is 10.8 Å². The van der Waals surface area contributed by atoms with Crippen molar-refractivity contribution in [3.63, 3.8) is 0 Å². The number of ether oxygens (including phenoxy) is 1. The minimum absolute atomic E-state index is 0.181. The molecule has 0 amide bonds. The number of anilines is 1. The first kappa shape index (κ1) is 12.8. The molecular formula is C10H15N3O5. The van der Waals surface area contributed by atoms with Gasteiger partial charge in [0.2, 0.25) is 0 Å². The molecule has 0 saturated carbocycles. The first-order chi connectivity index (χ1) is 8.56. The number of rotatable bonds is 3. The summed E-state index contributed by atoms with van der Waals surface area (Å²) in [6, 6.07) is 0. The summed E-state index contributed by atoms with van der Waals surface area (Å²) in [7, 11) is 1.56. The van der Waals surface area contributed by atoms with Gasteiger partial charge in [-0.15, -0.1) is 0 Å². The number of aromatic nitrogens is 2. The van der Waals surface area contributed by atoms with Crippen LogP contribution in [0.5, 0.6) is 0 Å². The number of H-pyrrole nitrogens is 1. The maximum absolute atomic E-state index is 11.7. The summed E-state index contributed by atoms with van der Waals surface area (Å²) in [5.41, 5.74) is -0.911. The van der Waals surface area contributed by atoms with Crippen molar-refractivity contribution in [3.05, 3.63) is 27.0 Å². The lowest BCUT2D eigenvalue weighted by Gasteiger charge is -2.15. The third kappa shape index (κ3) is 2.17. The van der Waals surface area contributed by atoms with Crippen molar-refractivity contribution in [2.45, 2.75) is 24.9 Å². The van der Waals surface area contributed by atoms with Crippen LogP contribution in [0.3, 0.4) is 0 Å². The van der Waals surface area contributed by atoms with Crippen LogP contribution in [0.2, 0.25) is 0 Å². The predicted molar refractivity (Wildman–Crippen MR) is 62.5 cm³/mol. The minimum Gasteiger partial charge on any atom is -0.394 e. The molecule has 8 nitrogen and oxygen atoms in total. The lowest BCUT2D eigenvalue weighted by molar-refractivity contribution is -0.0458. The summed E-state index contributed by atoms with van der Waals surface area (Å²) in [5, 5.41) is 21.2. The molecule has 18 heavy (non-hydrogen) atoms. The van der Waals surface area contributed by atoms with E-state index in [4.69, 9.17) is 9.84 Å². The summed E-state index contributed by atoms with van der Waals surface area (Å²) in [4.78, 5) is 25.2. The molecule has 0 radical (unpaired) electrons. The van der Waals surface area contributed by atoms with E-state index in [9.17, 15) is 14.7 Å². The van der Waals surface area contributed by atoms with Crippen LogP contribution in [0.4, 0.5) is 5.69 Å². The third-order valence-electron chi connectivity index (χ3n) is 2.93. The summed E-state index contributed by atoms with van der Waals surface area (Å²) in [6.45, 7) is -0.325. The highest BCUT2D eigenvalue weighted by Crippen LogP contribution is 2.27. The molecule has 1 aromatic heterocycles. The zero-order valence-corrected chi connectivity index (χ0v) is 9.79. The highest BCUT2D eigenvalue weighted by Gasteiger charge is 2.35. The minimum atomic E-state index is -0.836. The number of nitrogens with zero attached hydrogens (tertiary/aromatic N) is 1. The Kier molecular flexibility index (Phi) is 3.50. The summed E-state index contributed by atoms with van der Waals surface area (Å²) < 4.78 is 6.53. The van der Waals surface area contributed by atoms with E-state index in [0.29, 0.717) is 0 Å². The van der Waals surface area contributed by atoms with Gasteiger partial charge < -0.3 is 20.3 Å². The van der Waals surface area contributed by atoms with Crippen molar-refractivity contribution >= 4 is 5.69 Å². The number of nitrogens with one attached hydrogen (secondary N) is 2. The largest absolute Gasteiger partial charge is 0.394 e. The zero-order valence-electron chi connectivity index (χ0n) is 9.79. The van der Waals surface area contributed by atoms with E-state index >= 15 is 0 Å². The van der Waals surface area contributed by atoms with Gasteiger partial charge in [0.05, 0.1) is 12.7 Å². The molecule has 0 spiro atoms.